The average Bonchev–Trinajstić information content (AvgIpc) is 2.53. The average molecular weight is 359 g/mol. The summed E-state index contributed by atoms with van der Waals surface area (Å²) in [6, 6.07) is 3.97. The Bertz CT molecular complexity index is 528. The molecule has 0 saturated heterocycles. The van der Waals surface area contributed by atoms with Crippen molar-refractivity contribution in [1.29, 1.82) is 0 Å². The Kier molecular flexibility index (Phi) is 9.38. The Morgan fingerprint density at radius 1 is 1.17 bits per heavy atom. The third-order valence-electron chi connectivity index (χ3n) is 3.46. The van der Waals surface area contributed by atoms with Gasteiger partial charge in [-0.15, -0.1) is 0 Å². The fourth-order valence-corrected chi connectivity index (χ4v) is 2.35. The van der Waals surface area contributed by atoms with Crippen molar-refractivity contribution in [3.63, 3.8) is 0 Å². The number of unbranched alkanes of at least 4 members (excludes halogenated alkanes) is 3. The molecule has 6 heteroatoms. The van der Waals surface area contributed by atoms with Crippen LogP contribution in [0, 0.1) is 5.82 Å². The number of halogens is 2. The van der Waals surface area contributed by atoms with Gasteiger partial charge in [-0.05, 0) is 31.9 Å². The van der Waals surface area contributed by atoms with Crippen molar-refractivity contribution < 1.29 is 23.5 Å². The Hall–Kier alpha value is -1.62. The zero-order chi connectivity index (χ0) is 17.9. The van der Waals surface area contributed by atoms with Crippen LogP contribution in [0.2, 0.25) is 5.02 Å². The molecule has 1 aromatic rings. The molecule has 0 aliphatic carbocycles. The first-order valence-corrected chi connectivity index (χ1v) is 8.66. The number of benzene rings is 1. The Balaban J connectivity index is 2.30. The standard InChI is InChI=1S/C18H24ClFO4/c1-3-4-5-6-8-13(2)23-16(21)11-12-17(22)24-18-14(19)9-7-10-15(18)20/h7,9-10,13H,3-6,8,11-12H2,1-2H3. The van der Waals surface area contributed by atoms with E-state index in [-0.39, 0.29) is 29.7 Å². The fraction of sp³-hybridized carbons (Fsp3) is 0.556. The van der Waals surface area contributed by atoms with Gasteiger partial charge >= 0.3 is 11.9 Å². The largest absolute Gasteiger partial charge is 0.463 e. The molecule has 1 aromatic carbocycles. The van der Waals surface area contributed by atoms with Gasteiger partial charge in [0.25, 0.3) is 0 Å². The van der Waals surface area contributed by atoms with Gasteiger partial charge in [-0.25, -0.2) is 4.39 Å². The van der Waals surface area contributed by atoms with Crippen LogP contribution in [-0.4, -0.2) is 18.0 Å². The van der Waals surface area contributed by atoms with Crippen LogP contribution in [0.4, 0.5) is 4.39 Å². The maximum Gasteiger partial charge on any atom is 0.311 e. The van der Waals surface area contributed by atoms with Crippen LogP contribution >= 0.6 is 11.6 Å². The summed E-state index contributed by atoms with van der Waals surface area (Å²) in [7, 11) is 0. The van der Waals surface area contributed by atoms with Crippen LogP contribution in [0.25, 0.3) is 0 Å². The molecule has 0 heterocycles. The first-order valence-electron chi connectivity index (χ1n) is 8.28. The van der Waals surface area contributed by atoms with E-state index in [4.69, 9.17) is 21.1 Å². The van der Waals surface area contributed by atoms with E-state index in [1.54, 1.807) is 0 Å². The van der Waals surface area contributed by atoms with Gasteiger partial charge in [0.05, 0.1) is 24.0 Å². The fourth-order valence-electron chi connectivity index (χ4n) is 2.15. The summed E-state index contributed by atoms with van der Waals surface area (Å²) in [5.74, 6) is -2.23. The number of hydrogen-bond donors (Lipinski definition) is 0. The monoisotopic (exact) mass is 358 g/mol. The van der Waals surface area contributed by atoms with Gasteiger partial charge < -0.3 is 9.47 Å². The highest BCUT2D eigenvalue weighted by Gasteiger charge is 2.16. The van der Waals surface area contributed by atoms with Gasteiger partial charge in [0.1, 0.15) is 0 Å². The molecule has 1 rings (SSSR count). The predicted octanol–water partition coefficient (Wildman–Crippen LogP) is 5.07. The summed E-state index contributed by atoms with van der Waals surface area (Å²) in [5, 5.41) is 0.00614. The molecule has 0 aromatic heterocycles. The minimum absolute atomic E-state index is 0.00614. The Labute approximate surface area is 147 Å². The molecule has 0 radical (unpaired) electrons. The van der Waals surface area contributed by atoms with E-state index in [1.165, 1.54) is 18.6 Å². The zero-order valence-corrected chi connectivity index (χ0v) is 14.9. The second-order valence-corrected chi connectivity index (χ2v) is 6.08. The van der Waals surface area contributed by atoms with Crippen molar-refractivity contribution in [2.45, 2.75) is 64.9 Å². The number of carbonyl (C=O) groups excluding carboxylic acids is 2. The van der Waals surface area contributed by atoms with Gasteiger partial charge in [0.2, 0.25) is 0 Å². The lowest BCUT2D eigenvalue weighted by Crippen LogP contribution is -2.17. The van der Waals surface area contributed by atoms with E-state index in [9.17, 15) is 14.0 Å². The summed E-state index contributed by atoms with van der Waals surface area (Å²) < 4.78 is 23.6. The van der Waals surface area contributed by atoms with Crippen molar-refractivity contribution in [1.82, 2.24) is 0 Å². The SMILES string of the molecule is CCCCCCC(C)OC(=O)CCC(=O)Oc1c(F)cccc1Cl. The maximum absolute atomic E-state index is 13.5. The molecule has 0 N–H and O–H groups in total. The van der Waals surface area contributed by atoms with Crippen LogP contribution in [-0.2, 0) is 14.3 Å². The third kappa shape index (κ3) is 7.77. The van der Waals surface area contributed by atoms with Gasteiger partial charge in [0, 0.05) is 0 Å². The number of hydrogen-bond acceptors (Lipinski definition) is 4. The molecule has 134 valence electrons. The summed E-state index contributed by atoms with van der Waals surface area (Å²) in [4.78, 5) is 23.4. The van der Waals surface area contributed by atoms with E-state index >= 15 is 0 Å². The summed E-state index contributed by atoms with van der Waals surface area (Å²) >= 11 is 5.77. The quantitative estimate of drug-likeness (QED) is 0.333. The van der Waals surface area contributed by atoms with E-state index in [1.807, 2.05) is 6.92 Å². The molecule has 4 nitrogen and oxygen atoms in total. The molecule has 1 unspecified atom stereocenters. The van der Waals surface area contributed by atoms with Crippen LogP contribution in [0.15, 0.2) is 18.2 Å². The molecule has 0 amide bonds. The number of ether oxygens (including phenoxy) is 2. The van der Waals surface area contributed by atoms with Crippen LogP contribution in [0.1, 0.15) is 58.8 Å². The summed E-state index contributed by atoms with van der Waals surface area (Å²) in [6.45, 7) is 3.97. The van der Waals surface area contributed by atoms with Crippen LogP contribution < -0.4 is 4.74 Å². The molecule has 0 aliphatic rings. The number of para-hydroxylation sites is 1. The Morgan fingerprint density at radius 2 is 1.88 bits per heavy atom. The Morgan fingerprint density at radius 3 is 2.54 bits per heavy atom. The second kappa shape index (κ2) is 11.0. The van der Waals surface area contributed by atoms with Crippen molar-refractivity contribution in [2.75, 3.05) is 0 Å². The van der Waals surface area contributed by atoms with Gasteiger partial charge in [-0.3, -0.25) is 9.59 Å². The molecule has 24 heavy (non-hydrogen) atoms. The molecule has 0 aliphatic heterocycles. The molecular formula is C18H24ClFO4. The normalized spacial score (nSPS) is 11.8. The van der Waals surface area contributed by atoms with E-state index in [0.717, 1.165) is 31.7 Å². The first kappa shape index (κ1) is 20.4. The zero-order valence-electron chi connectivity index (χ0n) is 14.1. The molecule has 0 fully saturated rings. The van der Waals surface area contributed by atoms with Crippen LogP contribution in [0.5, 0.6) is 5.75 Å². The molecule has 0 spiro atoms. The minimum Gasteiger partial charge on any atom is -0.463 e. The van der Waals surface area contributed by atoms with Gasteiger partial charge in [-0.2, -0.15) is 0 Å². The van der Waals surface area contributed by atoms with Crippen molar-refractivity contribution >= 4 is 23.5 Å². The summed E-state index contributed by atoms with van der Waals surface area (Å²) in [6.07, 6.45) is 4.79. The highest BCUT2D eigenvalue weighted by atomic mass is 35.5. The molecule has 1 atom stereocenters. The summed E-state index contributed by atoms with van der Waals surface area (Å²) in [5.41, 5.74) is 0. The van der Waals surface area contributed by atoms with Crippen LogP contribution in [0.3, 0.4) is 0 Å². The minimum atomic E-state index is -0.727. The number of carbonyl (C=O) groups is 2. The lowest BCUT2D eigenvalue weighted by atomic mass is 10.1. The maximum atomic E-state index is 13.5. The number of rotatable bonds is 10. The second-order valence-electron chi connectivity index (χ2n) is 5.67. The first-order chi connectivity index (χ1) is 11.4. The van der Waals surface area contributed by atoms with E-state index in [0.29, 0.717) is 0 Å². The van der Waals surface area contributed by atoms with Crippen molar-refractivity contribution in [2.24, 2.45) is 0 Å². The lowest BCUT2D eigenvalue weighted by Gasteiger charge is -2.13. The smallest absolute Gasteiger partial charge is 0.311 e. The van der Waals surface area contributed by atoms with E-state index in [2.05, 4.69) is 6.92 Å². The number of esters is 2. The van der Waals surface area contributed by atoms with Crippen molar-refractivity contribution in [3.05, 3.63) is 29.0 Å². The highest BCUT2D eigenvalue weighted by Crippen LogP contribution is 2.27. The van der Waals surface area contributed by atoms with E-state index < -0.39 is 17.8 Å². The highest BCUT2D eigenvalue weighted by molar-refractivity contribution is 6.32. The molecule has 0 bridgehead atoms. The molecule has 0 saturated carbocycles. The molecular weight excluding hydrogens is 335 g/mol. The van der Waals surface area contributed by atoms with Gasteiger partial charge in [0.15, 0.2) is 11.6 Å². The third-order valence-corrected chi connectivity index (χ3v) is 3.76. The predicted molar refractivity (Wildman–Crippen MR) is 90.6 cm³/mol. The van der Waals surface area contributed by atoms with Crippen molar-refractivity contribution in [3.8, 4) is 5.75 Å². The lowest BCUT2D eigenvalue weighted by molar-refractivity contribution is -0.151. The van der Waals surface area contributed by atoms with Gasteiger partial charge in [-0.1, -0.05) is 43.9 Å². The topological polar surface area (TPSA) is 52.6 Å².